The maximum Gasteiger partial charge on any atom is 0.259 e. The summed E-state index contributed by atoms with van der Waals surface area (Å²) in [5, 5.41) is 4.91. The molecular formula is C21H21N3O7S2. The van der Waals surface area contributed by atoms with E-state index in [1.165, 1.54) is 40.7 Å². The van der Waals surface area contributed by atoms with Crippen LogP contribution in [-0.4, -0.2) is 58.2 Å². The van der Waals surface area contributed by atoms with Gasteiger partial charge in [0.2, 0.25) is 15.9 Å². The molecule has 0 aromatic heterocycles. The molecular weight excluding hydrogens is 470 g/mol. The molecule has 0 radical (unpaired) electrons. The average Bonchev–Trinajstić information content (AvgIpc) is 3.06. The number of anilines is 1. The Labute approximate surface area is 190 Å². The Morgan fingerprint density at radius 2 is 1.58 bits per heavy atom. The molecule has 0 unspecified atom stereocenters. The van der Waals surface area contributed by atoms with E-state index in [9.17, 15) is 31.2 Å². The number of nitrogens with one attached hydrogen (secondary N) is 2. The summed E-state index contributed by atoms with van der Waals surface area (Å²) in [5.41, 5.74) is 0.808. The SMILES string of the molecule is CS(=O)(=O)c1cccc(S(=O)(=O)N2CCC(C(=O)Nc3ccc4c(c3)C(=O)NC4=O)CC2)c1. The number of imide groups is 1. The van der Waals surface area contributed by atoms with Crippen molar-refractivity contribution in [1.82, 2.24) is 9.62 Å². The van der Waals surface area contributed by atoms with Crippen LogP contribution in [0.4, 0.5) is 5.69 Å². The lowest BCUT2D eigenvalue weighted by Gasteiger charge is -2.30. The number of carbonyl (C=O) groups excluding carboxylic acids is 3. The maximum atomic E-state index is 13.0. The van der Waals surface area contributed by atoms with E-state index in [0.717, 1.165) is 12.3 Å². The highest BCUT2D eigenvalue weighted by atomic mass is 32.2. The van der Waals surface area contributed by atoms with Gasteiger partial charge in [-0.25, -0.2) is 16.8 Å². The molecule has 0 aliphatic carbocycles. The summed E-state index contributed by atoms with van der Waals surface area (Å²) in [5.74, 6) is -1.76. The third kappa shape index (κ3) is 4.54. The lowest BCUT2D eigenvalue weighted by Crippen LogP contribution is -2.41. The van der Waals surface area contributed by atoms with Crippen LogP contribution in [-0.2, 0) is 24.7 Å². The van der Waals surface area contributed by atoms with Crippen LogP contribution in [0.1, 0.15) is 33.6 Å². The van der Waals surface area contributed by atoms with Crippen LogP contribution in [0.5, 0.6) is 0 Å². The molecule has 10 nitrogen and oxygen atoms in total. The van der Waals surface area contributed by atoms with Gasteiger partial charge >= 0.3 is 0 Å². The van der Waals surface area contributed by atoms with Crippen LogP contribution < -0.4 is 10.6 Å². The largest absolute Gasteiger partial charge is 0.326 e. The van der Waals surface area contributed by atoms with E-state index in [1.807, 2.05) is 0 Å². The summed E-state index contributed by atoms with van der Waals surface area (Å²) in [6, 6.07) is 9.63. The third-order valence-electron chi connectivity index (χ3n) is 5.70. The lowest BCUT2D eigenvalue weighted by molar-refractivity contribution is -0.120. The quantitative estimate of drug-likeness (QED) is 0.594. The standard InChI is InChI=1S/C21H21N3O7S2/c1-32(28,29)15-3-2-4-16(12-15)33(30,31)24-9-7-13(8-10-24)19(25)22-14-5-6-17-18(11-14)21(27)23-20(17)26/h2-6,11-13H,7-10H2,1H3,(H,22,25)(H,23,26,27). The van der Waals surface area contributed by atoms with Gasteiger partial charge in [-0.05, 0) is 49.2 Å². The molecule has 0 saturated carbocycles. The minimum absolute atomic E-state index is 0.0810. The Bertz CT molecular complexity index is 1380. The van der Waals surface area contributed by atoms with Gasteiger partial charge in [0.25, 0.3) is 11.8 Å². The fourth-order valence-electron chi connectivity index (χ4n) is 3.86. The first-order valence-electron chi connectivity index (χ1n) is 10.1. The molecule has 2 aliphatic heterocycles. The van der Waals surface area contributed by atoms with E-state index in [1.54, 1.807) is 0 Å². The van der Waals surface area contributed by atoms with E-state index < -0.39 is 37.6 Å². The van der Waals surface area contributed by atoms with Crippen LogP contribution in [0.2, 0.25) is 0 Å². The molecule has 0 bridgehead atoms. The van der Waals surface area contributed by atoms with Gasteiger partial charge in [-0.15, -0.1) is 0 Å². The molecule has 0 spiro atoms. The van der Waals surface area contributed by atoms with Crippen molar-refractivity contribution >= 4 is 43.3 Å². The van der Waals surface area contributed by atoms with Gasteiger partial charge in [0.15, 0.2) is 9.84 Å². The summed E-state index contributed by atoms with van der Waals surface area (Å²) in [4.78, 5) is 35.9. The number of hydrogen-bond donors (Lipinski definition) is 2. The highest BCUT2D eigenvalue weighted by Gasteiger charge is 2.33. The first-order valence-corrected chi connectivity index (χ1v) is 13.4. The molecule has 1 saturated heterocycles. The molecule has 12 heteroatoms. The average molecular weight is 492 g/mol. The number of amides is 3. The van der Waals surface area contributed by atoms with Crippen molar-refractivity contribution in [3.05, 3.63) is 53.6 Å². The van der Waals surface area contributed by atoms with Crippen LogP contribution in [0, 0.1) is 5.92 Å². The number of nitrogens with zero attached hydrogens (tertiary/aromatic N) is 1. The van der Waals surface area contributed by atoms with E-state index in [0.29, 0.717) is 5.69 Å². The highest BCUT2D eigenvalue weighted by molar-refractivity contribution is 7.91. The van der Waals surface area contributed by atoms with Gasteiger partial charge in [-0.3, -0.25) is 19.7 Å². The number of benzene rings is 2. The fraction of sp³-hybridized carbons (Fsp3) is 0.286. The number of rotatable bonds is 5. The van der Waals surface area contributed by atoms with E-state index in [-0.39, 0.29) is 52.8 Å². The first-order chi connectivity index (χ1) is 15.5. The predicted octanol–water partition coefficient (Wildman–Crippen LogP) is 1.01. The van der Waals surface area contributed by atoms with Crippen molar-refractivity contribution in [3.63, 3.8) is 0 Å². The summed E-state index contributed by atoms with van der Waals surface area (Å²) in [6.07, 6.45) is 1.57. The van der Waals surface area contributed by atoms with Crippen LogP contribution >= 0.6 is 0 Å². The Morgan fingerprint density at radius 3 is 2.24 bits per heavy atom. The summed E-state index contributed by atoms with van der Waals surface area (Å²) in [6.45, 7) is 0.204. The molecule has 2 aromatic rings. The number of piperidine rings is 1. The Hall–Kier alpha value is -3.09. The number of fused-ring (bicyclic) bond motifs is 1. The zero-order valence-electron chi connectivity index (χ0n) is 17.6. The normalized spacial score (nSPS) is 17.5. The van der Waals surface area contributed by atoms with Crippen molar-refractivity contribution in [2.75, 3.05) is 24.7 Å². The topological polar surface area (TPSA) is 147 Å². The number of sulfonamides is 1. The van der Waals surface area contributed by atoms with E-state index in [4.69, 9.17) is 0 Å². The van der Waals surface area contributed by atoms with Crippen molar-refractivity contribution in [1.29, 1.82) is 0 Å². The number of carbonyl (C=O) groups is 3. The minimum atomic E-state index is -3.91. The van der Waals surface area contributed by atoms with Crippen LogP contribution in [0.25, 0.3) is 0 Å². The molecule has 2 N–H and O–H groups in total. The summed E-state index contributed by atoms with van der Waals surface area (Å²) in [7, 11) is -7.47. The van der Waals surface area contributed by atoms with Crippen LogP contribution in [0.3, 0.4) is 0 Å². The Morgan fingerprint density at radius 1 is 0.939 bits per heavy atom. The van der Waals surface area contributed by atoms with Gasteiger partial charge in [-0.2, -0.15) is 4.31 Å². The van der Waals surface area contributed by atoms with Gasteiger partial charge in [0, 0.05) is 31.0 Å². The summed E-state index contributed by atoms with van der Waals surface area (Å²) >= 11 is 0. The molecule has 3 amide bonds. The van der Waals surface area contributed by atoms with Gasteiger partial charge in [0.05, 0.1) is 20.9 Å². The molecule has 4 rings (SSSR count). The van der Waals surface area contributed by atoms with Crippen molar-refractivity contribution in [2.24, 2.45) is 5.92 Å². The second-order valence-corrected chi connectivity index (χ2v) is 11.9. The zero-order valence-corrected chi connectivity index (χ0v) is 19.2. The van der Waals surface area contributed by atoms with E-state index >= 15 is 0 Å². The van der Waals surface area contributed by atoms with Gasteiger partial charge < -0.3 is 5.32 Å². The molecule has 174 valence electrons. The van der Waals surface area contributed by atoms with Crippen molar-refractivity contribution < 1.29 is 31.2 Å². The third-order valence-corrected chi connectivity index (χ3v) is 8.70. The molecule has 2 aliphatic rings. The first kappa shape index (κ1) is 23.1. The highest BCUT2D eigenvalue weighted by Crippen LogP contribution is 2.27. The molecule has 1 fully saturated rings. The van der Waals surface area contributed by atoms with Gasteiger partial charge in [-0.1, -0.05) is 6.07 Å². The lowest BCUT2D eigenvalue weighted by atomic mass is 9.97. The summed E-state index contributed by atoms with van der Waals surface area (Å²) < 4.78 is 50.7. The van der Waals surface area contributed by atoms with Crippen LogP contribution in [0.15, 0.2) is 52.3 Å². The predicted molar refractivity (Wildman–Crippen MR) is 118 cm³/mol. The fourth-order valence-corrected chi connectivity index (χ4v) is 6.12. The monoisotopic (exact) mass is 491 g/mol. The van der Waals surface area contributed by atoms with E-state index in [2.05, 4.69) is 10.6 Å². The smallest absolute Gasteiger partial charge is 0.259 e. The Balaban J connectivity index is 1.42. The molecule has 33 heavy (non-hydrogen) atoms. The second kappa shape index (κ2) is 8.36. The number of hydrogen-bond acceptors (Lipinski definition) is 7. The number of sulfone groups is 1. The zero-order chi connectivity index (χ0) is 24.0. The molecule has 2 heterocycles. The Kier molecular flexibility index (Phi) is 5.85. The van der Waals surface area contributed by atoms with Crippen molar-refractivity contribution in [3.8, 4) is 0 Å². The molecule has 2 aromatic carbocycles. The second-order valence-electron chi connectivity index (χ2n) is 7.96. The molecule has 0 atom stereocenters. The maximum absolute atomic E-state index is 13.0. The minimum Gasteiger partial charge on any atom is -0.326 e. The van der Waals surface area contributed by atoms with Gasteiger partial charge in [0.1, 0.15) is 0 Å². The van der Waals surface area contributed by atoms with Crippen molar-refractivity contribution in [2.45, 2.75) is 22.6 Å².